The van der Waals surface area contributed by atoms with Gasteiger partial charge in [0.05, 0.1) is 19.7 Å². The van der Waals surface area contributed by atoms with Crippen LogP contribution in [-0.2, 0) is 11.3 Å². The lowest BCUT2D eigenvalue weighted by Gasteiger charge is -2.33. The summed E-state index contributed by atoms with van der Waals surface area (Å²) in [5.74, 6) is -0.280. The number of hydrogen-bond acceptors (Lipinski definition) is 4. The van der Waals surface area contributed by atoms with E-state index < -0.39 is 0 Å². The third-order valence-corrected chi connectivity index (χ3v) is 4.62. The molecule has 0 aliphatic carbocycles. The zero-order valence-electron chi connectivity index (χ0n) is 12.8. The molecule has 1 aromatic carbocycles. The van der Waals surface area contributed by atoms with Crippen LogP contribution in [0.5, 0.6) is 0 Å². The van der Waals surface area contributed by atoms with Gasteiger partial charge in [0.15, 0.2) is 0 Å². The van der Waals surface area contributed by atoms with Gasteiger partial charge in [-0.2, -0.15) is 0 Å². The maximum atomic E-state index is 13.0. The first kappa shape index (κ1) is 15.9. The number of hydrogen-bond donors (Lipinski definition) is 1. The minimum atomic E-state index is -0.280. The Morgan fingerprint density at radius 2 is 2.26 bits per heavy atom. The molecule has 0 bridgehead atoms. The minimum absolute atomic E-state index is 0.131. The molecule has 0 radical (unpaired) electrons. The van der Waals surface area contributed by atoms with Gasteiger partial charge in [0.1, 0.15) is 16.9 Å². The molecule has 0 spiro atoms. The molecular weight excluding hydrogens is 317 g/mol. The van der Waals surface area contributed by atoms with Gasteiger partial charge in [0, 0.05) is 17.6 Å². The minimum Gasteiger partial charge on any atom is -0.370 e. The number of nitrogens with one attached hydrogen (secondary N) is 1. The first-order chi connectivity index (χ1) is 11.1. The molecule has 1 aliphatic heterocycles. The van der Waals surface area contributed by atoms with E-state index in [1.807, 2.05) is 12.3 Å². The van der Waals surface area contributed by atoms with Crippen LogP contribution < -0.4 is 5.32 Å². The van der Waals surface area contributed by atoms with Gasteiger partial charge in [-0.05, 0) is 24.6 Å². The van der Waals surface area contributed by atoms with Crippen molar-refractivity contribution in [3.63, 3.8) is 0 Å². The second kappa shape index (κ2) is 7.06. The summed E-state index contributed by atoms with van der Waals surface area (Å²) in [7, 11) is 0. The molecule has 1 saturated heterocycles. The van der Waals surface area contributed by atoms with E-state index in [0.29, 0.717) is 26.2 Å². The van der Waals surface area contributed by atoms with Crippen LogP contribution in [0.3, 0.4) is 0 Å². The van der Waals surface area contributed by atoms with Crippen molar-refractivity contribution in [1.82, 2.24) is 15.2 Å². The molecule has 5 nitrogen and oxygen atoms in total. The predicted octanol–water partition coefficient (Wildman–Crippen LogP) is 2.87. The Kier molecular flexibility index (Phi) is 4.88. The number of morpholine rings is 1. The highest BCUT2D eigenvalue weighted by Crippen LogP contribution is 2.22. The Balaban J connectivity index is 1.57. The summed E-state index contributed by atoms with van der Waals surface area (Å²) in [6, 6.07) is 6.07. The smallest absolute Gasteiger partial charge is 0.317 e. The highest BCUT2D eigenvalue weighted by atomic mass is 32.1. The van der Waals surface area contributed by atoms with Crippen LogP contribution in [0.25, 0.3) is 0 Å². The van der Waals surface area contributed by atoms with E-state index in [4.69, 9.17) is 4.74 Å². The van der Waals surface area contributed by atoms with Gasteiger partial charge in [-0.15, -0.1) is 11.3 Å². The van der Waals surface area contributed by atoms with Crippen molar-refractivity contribution in [2.24, 2.45) is 0 Å². The summed E-state index contributed by atoms with van der Waals surface area (Å²) < 4.78 is 18.7. The number of aromatic nitrogens is 1. The molecule has 0 saturated carbocycles. The molecule has 3 rings (SSSR count). The molecule has 1 unspecified atom stereocenters. The molecule has 23 heavy (non-hydrogen) atoms. The Bertz CT molecular complexity index is 674. The fraction of sp³-hybridized carbons (Fsp3) is 0.375. The molecule has 1 atom stereocenters. The van der Waals surface area contributed by atoms with Crippen molar-refractivity contribution in [3.8, 4) is 0 Å². The number of ether oxygens (including phenoxy) is 1. The molecule has 2 heterocycles. The fourth-order valence-corrected chi connectivity index (χ4v) is 3.17. The fourth-order valence-electron chi connectivity index (χ4n) is 2.46. The zero-order chi connectivity index (χ0) is 16.2. The normalized spacial score (nSPS) is 18.0. The Hall–Kier alpha value is -1.99. The number of thiazole rings is 1. The quantitative estimate of drug-likeness (QED) is 0.938. The van der Waals surface area contributed by atoms with E-state index in [1.54, 1.807) is 17.0 Å². The Morgan fingerprint density at radius 3 is 2.96 bits per heavy atom. The highest BCUT2D eigenvalue weighted by molar-refractivity contribution is 7.09. The average molecular weight is 335 g/mol. The van der Waals surface area contributed by atoms with E-state index in [-0.39, 0.29) is 18.0 Å². The monoisotopic (exact) mass is 335 g/mol. The maximum absolute atomic E-state index is 13.0. The summed E-state index contributed by atoms with van der Waals surface area (Å²) in [5.41, 5.74) is 1.83. The lowest BCUT2D eigenvalue weighted by Crippen LogP contribution is -2.46. The molecule has 2 amide bonds. The van der Waals surface area contributed by atoms with Gasteiger partial charge in [0.2, 0.25) is 0 Å². The summed E-state index contributed by atoms with van der Waals surface area (Å²) in [5, 5.41) is 5.73. The van der Waals surface area contributed by atoms with Crippen molar-refractivity contribution in [1.29, 1.82) is 0 Å². The standard InChI is InChI=1S/C16H18FN3O2S/c1-11-10-23-15(19-11)8-18-16(21)20-6-7-22-14(9-20)12-2-4-13(17)5-3-12/h2-5,10,14H,6-9H2,1H3,(H,18,21). The first-order valence-electron chi connectivity index (χ1n) is 7.42. The van der Waals surface area contributed by atoms with Crippen molar-refractivity contribution in [2.45, 2.75) is 19.6 Å². The lowest BCUT2D eigenvalue weighted by molar-refractivity contribution is -0.0155. The molecule has 2 aromatic rings. The lowest BCUT2D eigenvalue weighted by atomic mass is 10.1. The van der Waals surface area contributed by atoms with Crippen molar-refractivity contribution >= 4 is 17.4 Å². The first-order valence-corrected chi connectivity index (χ1v) is 8.30. The van der Waals surface area contributed by atoms with E-state index in [1.165, 1.54) is 23.5 Å². The van der Waals surface area contributed by atoms with E-state index >= 15 is 0 Å². The van der Waals surface area contributed by atoms with Crippen LogP contribution in [0, 0.1) is 12.7 Å². The molecule has 1 fully saturated rings. The second-order valence-electron chi connectivity index (χ2n) is 5.40. The maximum Gasteiger partial charge on any atom is 0.317 e. The number of halogens is 1. The molecular formula is C16H18FN3O2S. The van der Waals surface area contributed by atoms with E-state index in [2.05, 4.69) is 10.3 Å². The highest BCUT2D eigenvalue weighted by Gasteiger charge is 2.25. The van der Waals surface area contributed by atoms with Gasteiger partial charge < -0.3 is 15.0 Å². The van der Waals surface area contributed by atoms with Gasteiger partial charge in [0.25, 0.3) is 0 Å². The largest absolute Gasteiger partial charge is 0.370 e. The molecule has 7 heteroatoms. The topological polar surface area (TPSA) is 54.5 Å². The number of benzene rings is 1. The van der Waals surface area contributed by atoms with Crippen LogP contribution >= 0.6 is 11.3 Å². The molecule has 122 valence electrons. The van der Waals surface area contributed by atoms with E-state index in [9.17, 15) is 9.18 Å². The van der Waals surface area contributed by atoms with E-state index in [0.717, 1.165) is 16.3 Å². The second-order valence-corrected chi connectivity index (χ2v) is 6.34. The number of carbonyl (C=O) groups is 1. The Morgan fingerprint density at radius 1 is 1.48 bits per heavy atom. The summed E-state index contributed by atoms with van der Waals surface area (Å²) in [4.78, 5) is 18.3. The van der Waals surface area contributed by atoms with Crippen molar-refractivity contribution in [3.05, 3.63) is 51.7 Å². The number of nitrogens with zero attached hydrogens (tertiary/aromatic N) is 2. The van der Waals surface area contributed by atoms with Gasteiger partial charge in [-0.3, -0.25) is 0 Å². The van der Waals surface area contributed by atoms with Gasteiger partial charge in [-0.25, -0.2) is 14.2 Å². The molecule has 1 N–H and O–H groups in total. The SMILES string of the molecule is Cc1csc(CNC(=O)N2CCOC(c3ccc(F)cc3)C2)n1. The predicted molar refractivity (Wildman–Crippen MR) is 85.8 cm³/mol. The molecule has 1 aromatic heterocycles. The number of aryl methyl sites for hydroxylation is 1. The third-order valence-electron chi connectivity index (χ3n) is 3.65. The summed E-state index contributed by atoms with van der Waals surface area (Å²) >= 11 is 1.53. The Labute approximate surface area is 138 Å². The van der Waals surface area contributed by atoms with Crippen LogP contribution in [0.15, 0.2) is 29.6 Å². The van der Waals surface area contributed by atoms with Gasteiger partial charge in [-0.1, -0.05) is 12.1 Å². The average Bonchev–Trinajstić information content (AvgIpc) is 2.99. The van der Waals surface area contributed by atoms with Crippen LogP contribution in [0.4, 0.5) is 9.18 Å². The number of rotatable bonds is 3. The van der Waals surface area contributed by atoms with Gasteiger partial charge >= 0.3 is 6.03 Å². The molecule has 1 aliphatic rings. The zero-order valence-corrected chi connectivity index (χ0v) is 13.6. The number of carbonyl (C=O) groups excluding carboxylic acids is 1. The van der Waals surface area contributed by atoms with Crippen LogP contribution in [0.1, 0.15) is 22.4 Å². The van der Waals surface area contributed by atoms with Crippen LogP contribution in [0.2, 0.25) is 0 Å². The number of urea groups is 1. The third kappa shape index (κ3) is 4.05. The van der Waals surface area contributed by atoms with Crippen LogP contribution in [-0.4, -0.2) is 35.6 Å². The number of amides is 2. The van der Waals surface area contributed by atoms with Crippen molar-refractivity contribution < 1.29 is 13.9 Å². The summed E-state index contributed by atoms with van der Waals surface area (Å²) in [6.07, 6.45) is -0.225. The van der Waals surface area contributed by atoms with Crippen molar-refractivity contribution in [2.75, 3.05) is 19.7 Å². The summed E-state index contributed by atoms with van der Waals surface area (Å²) in [6.45, 7) is 3.81.